The molecule has 2 aromatic carbocycles. The molecule has 15 heteroatoms. The highest BCUT2D eigenvalue weighted by Crippen LogP contribution is 2.68. The van der Waals surface area contributed by atoms with E-state index >= 15 is 0 Å². The molecule has 3 nitrogen and oxygen atoms in total. The Kier molecular flexibility index (Phi) is 6.82. The maximum atomic E-state index is 14.1. The van der Waals surface area contributed by atoms with Crippen molar-refractivity contribution < 1.29 is 57.5 Å². The highest BCUT2D eigenvalue weighted by atomic mass is 19.4. The van der Waals surface area contributed by atoms with Crippen molar-refractivity contribution >= 4 is 11.6 Å². The second-order valence-corrected chi connectivity index (χ2v) is 9.35. The third-order valence-electron chi connectivity index (χ3n) is 7.03. The third-order valence-corrected chi connectivity index (χ3v) is 7.03. The first kappa shape index (κ1) is 28.9. The van der Waals surface area contributed by atoms with Gasteiger partial charge in [-0.3, -0.25) is 4.79 Å². The summed E-state index contributed by atoms with van der Waals surface area (Å²) in [5.74, 6) is -2.86. The Morgan fingerprint density at radius 3 is 1.67 bits per heavy atom. The van der Waals surface area contributed by atoms with Crippen LogP contribution >= 0.6 is 0 Å². The molecule has 2 aromatic rings. The number of carbonyl (C=O) groups excluding carboxylic acids is 1. The number of carbonyl (C=O) groups is 1. The van der Waals surface area contributed by atoms with Gasteiger partial charge >= 0.3 is 24.7 Å². The summed E-state index contributed by atoms with van der Waals surface area (Å²) < 4.78 is 161. The summed E-state index contributed by atoms with van der Waals surface area (Å²) in [6, 6.07) is 3.77. The average Bonchev–Trinajstić information content (AvgIpc) is 3.59. The maximum absolute atomic E-state index is 14.1. The fourth-order valence-corrected chi connectivity index (χ4v) is 4.88. The standard InChI is InChI=1S/C24H18F12N2O/c25-21(26,27)14-3-1-13(2-4-14)17-12-20(17,24(34,35)36)19(39)38-9-7-37(8-10-38)18-11-15(22(28,29)30)5-6-16(18)23(31,32)33/h1-6,11,17H,7-10,12H2. The Labute approximate surface area is 213 Å². The molecule has 4 rings (SSSR count). The van der Waals surface area contributed by atoms with Crippen LogP contribution in [0.4, 0.5) is 58.4 Å². The lowest BCUT2D eigenvalue weighted by Crippen LogP contribution is -2.53. The molecule has 1 amide bonds. The van der Waals surface area contributed by atoms with Crippen molar-refractivity contribution in [3.8, 4) is 0 Å². The van der Waals surface area contributed by atoms with Crippen LogP contribution in [0.1, 0.15) is 34.6 Å². The van der Waals surface area contributed by atoms with Gasteiger partial charge in [0, 0.05) is 37.8 Å². The number of hydrogen-bond donors (Lipinski definition) is 0. The Morgan fingerprint density at radius 1 is 0.692 bits per heavy atom. The molecule has 2 unspecified atom stereocenters. The van der Waals surface area contributed by atoms with Gasteiger partial charge in [0.15, 0.2) is 5.41 Å². The SMILES string of the molecule is O=C(N1CCN(c2cc(C(F)(F)F)ccc2C(F)(F)F)CC1)C1(C(F)(F)F)CC1c1ccc(C(F)(F)F)cc1. The number of piperazine rings is 1. The number of anilines is 1. The lowest BCUT2D eigenvalue weighted by molar-refractivity contribution is -0.200. The molecule has 1 aliphatic carbocycles. The highest BCUT2D eigenvalue weighted by Gasteiger charge is 2.76. The van der Waals surface area contributed by atoms with Gasteiger partial charge in [-0.15, -0.1) is 0 Å². The summed E-state index contributed by atoms with van der Waals surface area (Å²) in [5, 5.41) is 0. The molecule has 1 heterocycles. The first-order valence-electron chi connectivity index (χ1n) is 11.3. The zero-order chi connectivity index (χ0) is 29.2. The second-order valence-electron chi connectivity index (χ2n) is 9.35. The maximum Gasteiger partial charge on any atom is 0.418 e. The molecule has 2 fully saturated rings. The highest BCUT2D eigenvalue weighted by molar-refractivity contribution is 5.89. The molecular formula is C24H18F12N2O. The average molecular weight is 578 g/mol. The van der Waals surface area contributed by atoms with Gasteiger partial charge in [0.05, 0.1) is 16.7 Å². The Bertz CT molecular complexity index is 1220. The van der Waals surface area contributed by atoms with Gasteiger partial charge in [-0.05, 0) is 42.3 Å². The number of benzene rings is 2. The van der Waals surface area contributed by atoms with E-state index in [4.69, 9.17) is 0 Å². The molecule has 2 atom stereocenters. The van der Waals surface area contributed by atoms with E-state index in [0.29, 0.717) is 18.2 Å². The molecule has 0 radical (unpaired) electrons. The molecule has 0 aromatic heterocycles. The number of halogens is 12. The molecule has 2 aliphatic rings. The summed E-state index contributed by atoms with van der Waals surface area (Å²) in [6.45, 7) is -1.97. The van der Waals surface area contributed by atoms with Crippen molar-refractivity contribution in [2.24, 2.45) is 5.41 Å². The van der Waals surface area contributed by atoms with Crippen molar-refractivity contribution in [3.63, 3.8) is 0 Å². The Balaban J connectivity index is 1.55. The zero-order valence-electron chi connectivity index (χ0n) is 19.5. The number of hydrogen-bond acceptors (Lipinski definition) is 2. The fourth-order valence-electron chi connectivity index (χ4n) is 4.88. The third kappa shape index (κ3) is 5.36. The van der Waals surface area contributed by atoms with Crippen molar-refractivity contribution in [2.45, 2.75) is 37.0 Å². The first-order chi connectivity index (χ1) is 17.8. The predicted octanol–water partition coefficient (Wildman–Crippen LogP) is 7.13. The van der Waals surface area contributed by atoms with E-state index in [9.17, 15) is 57.5 Å². The topological polar surface area (TPSA) is 23.6 Å². The number of rotatable bonds is 3. The number of alkyl halides is 12. The minimum absolute atomic E-state index is 0.133. The summed E-state index contributed by atoms with van der Waals surface area (Å²) in [6.07, 6.45) is -20.5. The van der Waals surface area contributed by atoms with Gasteiger partial charge in [-0.1, -0.05) is 12.1 Å². The fraction of sp³-hybridized carbons (Fsp3) is 0.458. The normalized spacial score (nSPS) is 22.7. The monoisotopic (exact) mass is 578 g/mol. The van der Waals surface area contributed by atoms with Crippen LogP contribution in [0.2, 0.25) is 0 Å². The van der Waals surface area contributed by atoms with Crippen LogP contribution in [0.5, 0.6) is 0 Å². The van der Waals surface area contributed by atoms with E-state index in [1.54, 1.807) is 0 Å². The minimum atomic E-state index is -5.08. The molecule has 0 bridgehead atoms. The summed E-state index contributed by atoms with van der Waals surface area (Å²) in [7, 11) is 0. The Morgan fingerprint density at radius 2 is 1.21 bits per heavy atom. The van der Waals surface area contributed by atoms with E-state index in [1.165, 1.54) is 0 Å². The van der Waals surface area contributed by atoms with Gasteiger partial charge in [-0.25, -0.2) is 0 Å². The van der Waals surface area contributed by atoms with Crippen LogP contribution in [0.3, 0.4) is 0 Å². The van der Waals surface area contributed by atoms with E-state index in [0.717, 1.165) is 21.9 Å². The van der Waals surface area contributed by atoms with Crippen LogP contribution in [-0.4, -0.2) is 43.2 Å². The van der Waals surface area contributed by atoms with Gasteiger partial charge in [0.2, 0.25) is 5.91 Å². The smallest absolute Gasteiger partial charge is 0.367 e. The van der Waals surface area contributed by atoms with E-state index in [-0.39, 0.29) is 17.7 Å². The van der Waals surface area contributed by atoms with E-state index in [2.05, 4.69) is 0 Å². The molecule has 0 N–H and O–H groups in total. The van der Waals surface area contributed by atoms with Crippen molar-refractivity contribution in [3.05, 3.63) is 64.7 Å². The van der Waals surface area contributed by atoms with E-state index in [1.807, 2.05) is 0 Å². The summed E-state index contributed by atoms with van der Waals surface area (Å²) >= 11 is 0. The first-order valence-corrected chi connectivity index (χ1v) is 11.3. The lowest BCUT2D eigenvalue weighted by Gasteiger charge is -2.39. The van der Waals surface area contributed by atoms with Crippen LogP contribution in [0.15, 0.2) is 42.5 Å². The molecule has 1 saturated heterocycles. The van der Waals surface area contributed by atoms with Gasteiger partial charge < -0.3 is 9.80 Å². The Hall–Kier alpha value is -3.13. The van der Waals surface area contributed by atoms with Gasteiger partial charge in [0.25, 0.3) is 0 Å². The van der Waals surface area contributed by atoms with E-state index < -0.39 is 96.9 Å². The number of nitrogens with zero attached hydrogens (tertiary/aromatic N) is 2. The van der Waals surface area contributed by atoms with Crippen molar-refractivity contribution in [1.29, 1.82) is 0 Å². The molecule has 214 valence electrons. The molecule has 39 heavy (non-hydrogen) atoms. The molecule has 0 spiro atoms. The summed E-state index contributed by atoms with van der Waals surface area (Å²) in [5.41, 5.74) is -7.68. The molecular weight excluding hydrogens is 560 g/mol. The largest absolute Gasteiger partial charge is 0.418 e. The minimum Gasteiger partial charge on any atom is -0.367 e. The van der Waals surface area contributed by atoms with Crippen molar-refractivity contribution in [2.75, 3.05) is 31.1 Å². The van der Waals surface area contributed by atoms with Crippen molar-refractivity contribution in [1.82, 2.24) is 4.90 Å². The summed E-state index contributed by atoms with van der Waals surface area (Å²) in [4.78, 5) is 14.8. The predicted molar refractivity (Wildman–Crippen MR) is 113 cm³/mol. The second kappa shape index (κ2) is 9.22. The van der Waals surface area contributed by atoms with Gasteiger partial charge in [-0.2, -0.15) is 52.7 Å². The van der Waals surface area contributed by atoms with Crippen LogP contribution < -0.4 is 4.90 Å². The van der Waals surface area contributed by atoms with Crippen LogP contribution in [0.25, 0.3) is 0 Å². The van der Waals surface area contributed by atoms with Crippen LogP contribution in [0, 0.1) is 5.41 Å². The molecule has 1 aliphatic heterocycles. The number of amides is 1. The molecule has 1 saturated carbocycles. The lowest BCUT2D eigenvalue weighted by atomic mass is 9.95. The van der Waals surface area contributed by atoms with Gasteiger partial charge in [0.1, 0.15) is 0 Å². The quantitative estimate of drug-likeness (QED) is 0.362. The van der Waals surface area contributed by atoms with Crippen LogP contribution in [-0.2, 0) is 23.3 Å². The zero-order valence-corrected chi connectivity index (χ0v) is 19.5.